The predicted octanol–water partition coefficient (Wildman–Crippen LogP) is 3.15. The zero-order chi connectivity index (χ0) is 12.4. The molecule has 0 spiro atoms. The number of nitrogen functional groups attached to an aromatic ring is 1. The van der Waals surface area contributed by atoms with Gasteiger partial charge < -0.3 is 10.5 Å². The lowest BCUT2D eigenvalue weighted by Gasteiger charge is -2.12. The fourth-order valence-corrected chi connectivity index (χ4v) is 1.59. The molecule has 1 aromatic heterocycles. The van der Waals surface area contributed by atoms with Crippen molar-refractivity contribution < 1.29 is 4.74 Å². The molecule has 0 fully saturated rings. The first-order valence-corrected chi connectivity index (χ1v) is 5.67. The number of rotatable bonds is 3. The van der Waals surface area contributed by atoms with Crippen molar-refractivity contribution in [2.24, 2.45) is 0 Å². The zero-order valence-corrected chi connectivity index (χ0v) is 10.3. The standard InChI is InChI=1S/C13H17N3O/c1-9(2)16-13(12(14)10(3)15-16)17-11-7-5-4-6-8-11/h4-9H,14H2,1-3H3. The Kier molecular flexibility index (Phi) is 3.04. The van der Waals surface area contributed by atoms with Crippen LogP contribution < -0.4 is 10.5 Å². The molecule has 1 aromatic carbocycles. The molecule has 2 rings (SSSR count). The van der Waals surface area contributed by atoms with E-state index < -0.39 is 0 Å². The second-order valence-corrected chi connectivity index (χ2v) is 4.26. The molecular weight excluding hydrogens is 214 g/mol. The van der Waals surface area contributed by atoms with Crippen LogP contribution in [0.5, 0.6) is 11.6 Å². The minimum absolute atomic E-state index is 0.213. The third kappa shape index (κ3) is 2.25. The van der Waals surface area contributed by atoms with Crippen molar-refractivity contribution in [1.29, 1.82) is 0 Å². The SMILES string of the molecule is Cc1nn(C(C)C)c(Oc2ccccc2)c1N. The summed E-state index contributed by atoms with van der Waals surface area (Å²) in [7, 11) is 0. The molecule has 17 heavy (non-hydrogen) atoms. The highest BCUT2D eigenvalue weighted by Gasteiger charge is 2.16. The van der Waals surface area contributed by atoms with E-state index in [-0.39, 0.29) is 6.04 Å². The van der Waals surface area contributed by atoms with E-state index in [1.807, 2.05) is 51.1 Å². The van der Waals surface area contributed by atoms with E-state index in [1.54, 1.807) is 4.68 Å². The lowest BCUT2D eigenvalue weighted by molar-refractivity contribution is 0.390. The predicted molar refractivity (Wildman–Crippen MR) is 68.3 cm³/mol. The fraction of sp³-hybridized carbons (Fsp3) is 0.308. The number of aryl methyl sites for hydroxylation is 1. The normalized spacial score (nSPS) is 10.8. The van der Waals surface area contributed by atoms with E-state index in [0.29, 0.717) is 11.6 Å². The number of benzene rings is 1. The smallest absolute Gasteiger partial charge is 0.241 e. The lowest BCUT2D eigenvalue weighted by atomic mass is 10.3. The van der Waals surface area contributed by atoms with Crippen molar-refractivity contribution in [3.63, 3.8) is 0 Å². The maximum Gasteiger partial charge on any atom is 0.241 e. The molecule has 2 aromatic rings. The summed E-state index contributed by atoms with van der Waals surface area (Å²) in [6, 6.07) is 9.80. The molecule has 0 bridgehead atoms. The summed E-state index contributed by atoms with van der Waals surface area (Å²) in [5, 5.41) is 4.37. The molecule has 4 nitrogen and oxygen atoms in total. The van der Waals surface area contributed by atoms with Crippen LogP contribution in [0.3, 0.4) is 0 Å². The van der Waals surface area contributed by atoms with Crippen LogP contribution in [-0.2, 0) is 0 Å². The summed E-state index contributed by atoms with van der Waals surface area (Å²) >= 11 is 0. The first kappa shape index (κ1) is 11.5. The van der Waals surface area contributed by atoms with Crippen LogP contribution in [0.1, 0.15) is 25.6 Å². The molecule has 0 unspecified atom stereocenters. The molecule has 0 saturated heterocycles. The minimum Gasteiger partial charge on any atom is -0.437 e. The van der Waals surface area contributed by atoms with Crippen LogP contribution in [0.2, 0.25) is 0 Å². The Morgan fingerprint density at radius 1 is 1.24 bits per heavy atom. The van der Waals surface area contributed by atoms with Gasteiger partial charge in [-0.2, -0.15) is 5.10 Å². The van der Waals surface area contributed by atoms with Gasteiger partial charge in [-0.15, -0.1) is 0 Å². The number of ether oxygens (including phenoxy) is 1. The van der Waals surface area contributed by atoms with Gasteiger partial charge in [-0.05, 0) is 32.9 Å². The highest BCUT2D eigenvalue weighted by atomic mass is 16.5. The second kappa shape index (κ2) is 4.49. The molecule has 1 heterocycles. The number of anilines is 1. The summed E-state index contributed by atoms with van der Waals surface area (Å²) in [5.41, 5.74) is 7.38. The molecule has 0 radical (unpaired) electrons. The summed E-state index contributed by atoms with van der Waals surface area (Å²) in [6.07, 6.45) is 0. The van der Waals surface area contributed by atoms with E-state index in [9.17, 15) is 0 Å². The fourth-order valence-electron chi connectivity index (χ4n) is 1.59. The van der Waals surface area contributed by atoms with Gasteiger partial charge in [0, 0.05) is 0 Å². The molecule has 0 aliphatic carbocycles. The number of hydrogen-bond donors (Lipinski definition) is 1. The topological polar surface area (TPSA) is 53.1 Å². The van der Waals surface area contributed by atoms with Gasteiger partial charge in [0.15, 0.2) is 0 Å². The lowest BCUT2D eigenvalue weighted by Crippen LogP contribution is -2.05. The van der Waals surface area contributed by atoms with Crippen LogP contribution in [0, 0.1) is 6.92 Å². The Morgan fingerprint density at radius 2 is 1.88 bits per heavy atom. The van der Waals surface area contributed by atoms with Crippen molar-refractivity contribution in [2.45, 2.75) is 26.8 Å². The zero-order valence-electron chi connectivity index (χ0n) is 10.3. The van der Waals surface area contributed by atoms with Crippen LogP contribution in [0.4, 0.5) is 5.69 Å². The van der Waals surface area contributed by atoms with Crippen LogP contribution in [-0.4, -0.2) is 9.78 Å². The number of hydrogen-bond acceptors (Lipinski definition) is 3. The Bertz CT molecular complexity index is 503. The van der Waals surface area contributed by atoms with Crippen molar-refractivity contribution in [3.05, 3.63) is 36.0 Å². The maximum absolute atomic E-state index is 5.98. The molecule has 0 aliphatic rings. The highest BCUT2D eigenvalue weighted by Crippen LogP contribution is 2.31. The molecule has 0 aliphatic heterocycles. The number of nitrogens with two attached hydrogens (primary N) is 1. The average Bonchev–Trinajstić information content (AvgIpc) is 2.59. The first-order chi connectivity index (χ1) is 8.09. The van der Waals surface area contributed by atoms with Gasteiger partial charge in [-0.1, -0.05) is 18.2 Å². The summed E-state index contributed by atoms with van der Waals surface area (Å²) in [4.78, 5) is 0. The van der Waals surface area contributed by atoms with Gasteiger partial charge in [0.05, 0.1) is 11.7 Å². The van der Waals surface area contributed by atoms with Crippen LogP contribution >= 0.6 is 0 Å². The maximum atomic E-state index is 5.98. The number of para-hydroxylation sites is 1. The largest absolute Gasteiger partial charge is 0.437 e. The van der Waals surface area contributed by atoms with Crippen molar-refractivity contribution in [2.75, 3.05) is 5.73 Å². The second-order valence-electron chi connectivity index (χ2n) is 4.26. The van der Waals surface area contributed by atoms with Gasteiger partial charge in [-0.25, -0.2) is 4.68 Å². The van der Waals surface area contributed by atoms with Crippen molar-refractivity contribution in [1.82, 2.24) is 9.78 Å². The van der Waals surface area contributed by atoms with E-state index in [1.165, 1.54) is 0 Å². The average molecular weight is 231 g/mol. The van der Waals surface area contributed by atoms with Gasteiger partial charge in [0.2, 0.25) is 5.88 Å². The van der Waals surface area contributed by atoms with E-state index >= 15 is 0 Å². The van der Waals surface area contributed by atoms with Gasteiger partial charge in [-0.3, -0.25) is 0 Å². The molecule has 4 heteroatoms. The Morgan fingerprint density at radius 3 is 2.47 bits per heavy atom. The monoisotopic (exact) mass is 231 g/mol. The van der Waals surface area contributed by atoms with E-state index in [0.717, 1.165) is 11.4 Å². The quantitative estimate of drug-likeness (QED) is 0.882. The van der Waals surface area contributed by atoms with E-state index in [2.05, 4.69) is 5.10 Å². The summed E-state index contributed by atoms with van der Waals surface area (Å²) in [5.74, 6) is 1.38. The third-order valence-corrected chi connectivity index (χ3v) is 2.53. The summed E-state index contributed by atoms with van der Waals surface area (Å²) in [6.45, 7) is 5.97. The van der Waals surface area contributed by atoms with Gasteiger partial charge >= 0.3 is 0 Å². The molecule has 2 N–H and O–H groups in total. The van der Waals surface area contributed by atoms with Gasteiger partial charge in [0.1, 0.15) is 11.4 Å². The first-order valence-electron chi connectivity index (χ1n) is 5.67. The van der Waals surface area contributed by atoms with Crippen LogP contribution in [0.25, 0.3) is 0 Å². The Hall–Kier alpha value is -1.97. The van der Waals surface area contributed by atoms with Crippen LogP contribution in [0.15, 0.2) is 30.3 Å². The van der Waals surface area contributed by atoms with Crippen molar-refractivity contribution >= 4 is 5.69 Å². The molecule has 0 atom stereocenters. The molecule has 0 amide bonds. The van der Waals surface area contributed by atoms with Gasteiger partial charge in [0.25, 0.3) is 0 Å². The van der Waals surface area contributed by atoms with Crippen molar-refractivity contribution in [3.8, 4) is 11.6 Å². The molecule has 0 saturated carbocycles. The third-order valence-electron chi connectivity index (χ3n) is 2.53. The Labute approximate surface area is 101 Å². The molecule has 90 valence electrons. The number of aromatic nitrogens is 2. The minimum atomic E-state index is 0.213. The molecular formula is C13H17N3O. The number of nitrogens with zero attached hydrogens (tertiary/aromatic N) is 2. The summed E-state index contributed by atoms with van der Waals surface area (Å²) < 4.78 is 7.60. The van der Waals surface area contributed by atoms with E-state index in [4.69, 9.17) is 10.5 Å². The highest BCUT2D eigenvalue weighted by molar-refractivity contribution is 5.54. The Balaban J connectivity index is 2.38.